The van der Waals surface area contributed by atoms with Crippen molar-refractivity contribution < 1.29 is 9.53 Å². The van der Waals surface area contributed by atoms with Crippen LogP contribution in [0.25, 0.3) is 0 Å². The Morgan fingerprint density at radius 2 is 1.78 bits per heavy atom. The van der Waals surface area contributed by atoms with Gasteiger partial charge in [0.25, 0.3) is 0 Å². The zero-order chi connectivity index (χ0) is 14.2. The molecule has 1 N–H and O–H groups in total. The molecule has 0 rings (SSSR count). The number of nitrogens with one attached hydrogen (secondary N) is 1. The molecule has 3 heteroatoms. The summed E-state index contributed by atoms with van der Waals surface area (Å²) >= 11 is 0. The van der Waals surface area contributed by atoms with Crippen LogP contribution < -0.4 is 5.32 Å². The number of rotatable bonds is 9. The lowest BCUT2D eigenvalue weighted by Gasteiger charge is -2.30. The van der Waals surface area contributed by atoms with Gasteiger partial charge >= 0.3 is 5.97 Å². The number of esters is 1. The predicted octanol–water partition coefficient (Wildman–Crippen LogP) is 3.67. The molecule has 0 aliphatic rings. The Labute approximate surface area is 113 Å². The van der Waals surface area contributed by atoms with Crippen molar-refractivity contribution in [2.75, 3.05) is 0 Å². The molecule has 0 aromatic rings. The fraction of sp³-hybridized carbons (Fsp3) is 0.933. The van der Waals surface area contributed by atoms with Crippen molar-refractivity contribution in [1.29, 1.82) is 0 Å². The molecule has 0 aromatic heterocycles. The topological polar surface area (TPSA) is 38.3 Å². The molecule has 0 aliphatic carbocycles. The van der Waals surface area contributed by atoms with E-state index in [0.717, 1.165) is 6.42 Å². The monoisotopic (exact) mass is 257 g/mol. The van der Waals surface area contributed by atoms with Gasteiger partial charge in [-0.25, -0.2) is 0 Å². The highest BCUT2D eigenvalue weighted by Gasteiger charge is 2.24. The van der Waals surface area contributed by atoms with Gasteiger partial charge in [-0.05, 0) is 41.0 Å². The Hall–Kier alpha value is -0.570. The van der Waals surface area contributed by atoms with Crippen LogP contribution in [0.1, 0.15) is 73.6 Å². The van der Waals surface area contributed by atoms with Gasteiger partial charge in [0.05, 0.1) is 6.10 Å². The summed E-state index contributed by atoms with van der Waals surface area (Å²) in [5, 5.41) is 3.36. The van der Waals surface area contributed by atoms with Gasteiger partial charge in [0.2, 0.25) is 0 Å². The third kappa shape index (κ3) is 8.51. The highest BCUT2D eigenvalue weighted by molar-refractivity contribution is 5.75. The lowest BCUT2D eigenvalue weighted by Crippen LogP contribution is -2.49. The molecule has 0 saturated heterocycles. The van der Waals surface area contributed by atoms with Gasteiger partial charge in [0, 0.05) is 5.54 Å². The standard InChI is InChI=1S/C15H31NO2/c1-7-8-9-10-11-15(5,6)16-13(4)14(17)18-12(2)3/h12-13,16H,7-11H2,1-6H3. The first kappa shape index (κ1) is 17.4. The first-order valence-corrected chi connectivity index (χ1v) is 7.26. The minimum atomic E-state index is -0.242. The van der Waals surface area contributed by atoms with Crippen LogP contribution in [0, 0.1) is 0 Å². The zero-order valence-corrected chi connectivity index (χ0v) is 13.0. The van der Waals surface area contributed by atoms with Crippen LogP contribution in [0.3, 0.4) is 0 Å². The van der Waals surface area contributed by atoms with Crippen LogP contribution in [-0.4, -0.2) is 23.7 Å². The summed E-state index contributed by atoms with van der Waals surface area (Å²) in [5.41, 5.74) is -0.0108. The van der Waals surface area contributed by atoms with Gasteiger partial charge in [0.15, 0.2) is 0 Å². The summed E-state index contributed by atoms with van der Waals surface area (Å²) in [4.78, 5) is 11.7. The largest absolute Gasteiger partial charge is 0.462 e. The quantitative estimate of drug-likeness (QED) is 0.506. The molecule has 0 bridgehead atoms. The number of unbranched alkanes of at least 4 members (excludes halogenated alkanes) is 3. The molecule has 0 fully saturated rings. The Morgan fingerprint density at radius 1 is 1.17 bits per heavy atom. The SMILES string of the molecule is CCCCCCC(C)(C)NC(C)C(=O)OC(C)C. The number of carbonyl (C=O) groups excluding carboxylic acids is 1. The van der Waals surface area contributed by atoms with Crippen molar-refractivity contribution in [3.8, 4) is 0 Å². The van der Waals surface area contributed by atoms with Crippen molar-refractivity contribution in [2.24, 2.45) is 0 Å². The van der Waals surface area contributed by atoms with E-state index in [1.165, 1.54) is 25.7 Å². The van der Waals surface area contributed by atoms with Crippen LogP contribution in [-0.2, 0) is 9.53 Å². The van der Waals surface area contributed by atoms with E-state index in [2.05, 4.69) is 26.1 Å². The molecule has 108 valence electrons. The van der Waals surface area contributed by atoms with Crippen LogP contribution in [0.15, 0.2) is 0 Å². The summed E-state index contributed by atoms with van der Waals surface area (Å²) in [6.45, 7) is 12.1. The van der Waals surface area contributed by atoms with Crippen molar-refractivity contribution in [2.45, 2.75) is 91.3 Å². The summed E-state index contributed by atoms with van der Waals surface area (Å²) in [6.07, 6.45) is 6.07. The van der Waals surface area contributed by atoms with E-state index in [4.69, 9.17) is 4.74 Å². The number of ether oxygens (including phenoxy) is 1. The minimum Gasteiger partial charge on any atom is -0.462 e. The molecule has 3 nitrogen and oxygen atoms in total. The second-order valence-corrected chi connectivity index (χ2v) is 6.05. The van der Waals surface area contributed by atoms with Crippen molar-refractivity contribution in [1.82, 2.24) is 5.32 Å². The van der Waals surface area contributed by atoms with Crippen molar-refractivity contribution in [3.05, 3.63) is 0 Å². The van der Waals surface area contributed by atoms with Crippen LogP contribution in [0.4, 0.5) is 0 Å². The Bertz CT molecular complexity index is 237. The molecule has 0 saturated carbocycles. The second-order valence-electron chi connectivity index (χ2n) is 6.05. The average molecular weight is 257 g/mol. The van der Waals surface area contributed by atoms with Crippen LogP contribution in [0.2, 0.25) is 0 Å². The van der Waals surface area contributed by atoms with E-state index in [-0.39, 0.29) is 23.7 Å². The van der Waals surface area contributed by atoms with Gasteiger partial charge < -0.3 is 4.74 Å². The molecule has 18 heavy (non-hydrogen) atoms. The number of hydrogen-bond acceptors (Lipinski definition) is 3. The first-order chi connectivity index (χ1) is 8.28. The fourth-order valence-corrected chi connectivity index (χ4v) is 2.05. The maximum absolute atomic E-state index is 11.7. The van der Waals surface area contributed by atoms with E-state index in [1.807, 2.05) is 20.8 Å². The van der Waals surface area contributed by atoms with Crippen molar-refractivity contribution >= 4 is 5.97 Å². The van der Waals surface area contributed by atoms with Gasteiger partial charge in [-0.1, -0.05) is 32.6 Å². The molecule has 0 spiro atoms. The Kier molecular flexibility index (Phi) is 8.25. The average Bonchev–Trinajstić information content (AvgIpc) is 2.23. The maximum atomic E-state index is 11.7. The summed E-state index contributed by atoms with van der Waals surface area (Å²) in [6, 6.07) is -0.242. The van der Waals surface area contributed by atoms with E-state index in [0.29, 0.717) is 0 Å². The molecule has 0 aromatic carbocycles. The molecule has 0 amide bonds. The van der Waals surface area contributed by atoms with Crippen LogP contribution >= 0.6 is 0 Å². The zero-order valence-electron chi connectivity index (χ0n) is 13.0. The molecule has 1 atom stereocenters. The summed E-state index contributed by atoms with van der Waals surface area (Å²) < 4.78 is 5.20. The molecule has 0 aliphatic heterocycles. The van der Waals surface area contributed by atoms with Crippen molar-refractivity contribution in [3.63, 3.8) is 0 Å². The third-order valence-electron chi connectivity index (χ3n) is 2.97. The van der Waals surface area contributed by atoms with E-state index >= 15 is 0 Å². The smallest absolute Gasteiger partial charge is 0.323 e. The fourth-order valence-electron chi connectivity index (χ4n) is 2.05. The van der Waals surface area contributed by atoms with Gasteiger partial charge in [0.1, 0.15) is 6.04 Å². The van der Waals surface area contributed by atoms with E-state index in [9.17, 15) is 4.79 Å². The third-order valence-corrected chi connectivity index (χ3v) is 2.97. The van der Waals surface area contributed by atoms with E-state index in [1.54, 1.807) is 0 Å². The lowest BCUT2D eigenvalue weighted by molar-refractivity contribution is -0.150. The summed E-state index contributed by atoms with van der Waals surface area (Å²) in [7, 11) is 0. The molecule has 0 radical (unpaired) electrons. The van der Waals surface area contributed by atoms with E-state index < -0.39 is 0 Å². The Morgan fingerprint density at radius 3 is 2.28 bits per heavy atom. The van der Waals surface area contributed by atoms with Gasteiger partial charge in [-0.3, -0.25) is 10.1 Å². The predicted molar refractivity (Wildman–Crippen MR) is 76.7 cm³/mol. The number of carbonyl (C=O) groups is 1. The normalized spacial score (nSPS) is 13.7. The highest BCUT2D eigenvalue weighted by atomic mass is 16.5. The van der Waals surface area contributed by atoms with Gasteiger partial charge in [-0.2, -0.15) is 0 Å². The molecule has 1 unspecified atom stereocenters. The molecular weight excluding hydrogens is 226 g/mol. The summed E-state index contributed by atoms with van der Waals surface area (Å²) in [5.74, 6) is -0.161. The molecular formula is C15H31NO2. The van der Waals surface area contributed by atoms with Gasteiger partial charge in [-0.15, -0.1) is 0 Å². The Balaban J connectivity index is 4.01. The molecule has 0 heterocycles. The highest BCUT2D eigenvalue weighted by Crippen LogP contribution is 2.15. The maximum Gasteiger partial charge on any atom is 0.323 e. The lowest BCUT2D eigenvalue weighted by atomic mass is 9.95. The first-order valence-electron chi connectivity index (χ1n) is 7.26. The second kappa shape index (κ2) is 8.52. The number of hydrogen-bond donors (Lipinski definition) is 1. The minimum absolute atomic E-state index is 0.0108. The van der Waals surface area contributed by atoms with Crippen LogP contribution in [0.5, 0.6) is 0 Å².